The van der Waals surface area contributed by atoms with E-state index in [0.29, 0.717) is 22.6 Å². The summed E-state index contributed by atoms with van der Waals surface area (Å²) in [5.74, 6) is 1.76. The summed E-state index contributed by atoms with van der Waals surface area (Å²) in [5.41, 5.74) is 0.833. The summed E-state index contributed by atoms with van der Waals surface area (Å²) in [7, 11) is 0. The third kappa shape index (κ3) is 3.91. The van der Waals surface area contributed by atoms with Gasteiger partial charge in [0.05, 0.1) is 6.61 Å². The van der Waals surface area contributed by atoms with E-state index in [2.05, 4.69) is 16.9 Å². The molecule has 1 aromatic carbocycles. The van der Waals surface area contributed by atoms with Gasteiger partial charge in [-0.2, -0.15) is 4.98 Å². The first-order valence-electron chi connectivity index (χ1n) is 6.12. The zero-order valence-electron chi connectivity index (χ0n) is 10.6. The average molecular weight is 279 g/mol. The van der Waals surface area contributed by atoms with Crippen LogP contribution >= 0.6 is 11.6 Å². The van der Waals surface area contributed by atoms with Gasteiger partial charge in [-0.3, -0.25) is 0 Å². The van der Waals surface area contributed by atoms with Crippen LogP contribution in [-0.2, 0) is 13.0 Å². The van der Waals surface area contributed by atoms with Crippen LogP contribution < -0.4 is 4.74 Å². The highest BCUT2D eigenvalue weighted by Crippen LogP contribution is 2.22. The molecule has 0 saturated heterocycles. The van der Waals surface area contributed by atoms with E-state index in [9.17, 15) is 0 Å². The minimum Gasteiger partial charge on any atom is -0.439 e. The van der Waals surface area contributed by atoms with E-state index in [-0.39, 0.29) is 6.61 Å². The van der Waals surface area contributed by atoms with Crippen LogP contribution in [-0.4, -0.2) is 15.1 Å². The van der Waals surface area contributed by atoms with Crippen molar-refractivity contribution in [2.45, 2.75) is 26.4 Å². The van der Waals surface area contributed by atoms with E-state index in [0.717, 1.165) is 18.4 Å². The van der Waals surface area contributed by atoms with Crippen LogP contribution in [0.5, 0.6) is 11.6 Å². The molecule has 0 fully saturated rings. The van der Waals surface area contributed by atoms with Gasteiger partial charge in [0, 0.05) is 12.5 Å². The van der Waals surface area contributed by atoms with Gasteiger partial charge in [-0.05, 0) is 24.1 Å². The minimum atomic E-state index is 0.0142. The normalized spacial score (nSPS) is 10.5. The van der Waals surface area contributed by atoms with Crippen molar-refractivity contribution in [2.24, 2.45) is 0 Å². The van der Waals surface area contributed by atoms with Crippen LogP contribution in [0.1, 0.15) is 24.7 Å². The van der Waals surface area contributed by atoms with Gasteiger partial charge in [-0.25, -0.2) is 4.98 Å². The van der Waals surface area contributed by atoms with Crippen molar-refractivity contribution in [1.29, 1.82) is 0 Å². The molecule has 5 heteroatoms. The molecule has 2 aromatic rings. The Hall–Kier alpha value is -1.65. The van der Waals surface area contributed by atoms with Gasteiger partial charge in [0.1, 0.15) is 16.7 Å². The summed E-state index contributed by atoms with van der Waals surface area (Å²) in [6.07, 6.45) is 1.71. The smallest absolute Gasteiger partial charge is 0.224 e. The molecule has 0 aliphatic carbocycles. The standard InChI is InChI=1S/C14H15ClN2O2/c1-2-3-13-16-12(15)8-14(17-13)19-11-6-4-10(9-18)5-7-11/h4-8,18H,2-3,9H2,1H3. The maximum absolute atomic E-state index is 8.97. The molecule has 100 valence electrons. The highest BCUT2D eigenvalue weighted by Gasteiger charge is 2.05. The van der Waals surface area contributed by atoms with Crippen molar-refractivity contribution in [3.63, 3.8) is 0 Å². The van der Waals surface area contributed by atoms with E-state index in [1.165, 1.54) is 0 Å². The zero-order chi connectivity index (χ0) is 13.7. The summed E-state index contributed by atoms with van der Waals surface area (Å²) >= 11 is 5.94. The van der Waals surface area contributed by atoms with Crippen LogP contribution in [0.25, 0.3) is 0 Å². The van der Waals surface area contributed by atoms with Crippen molar-refractivity contribution < 1.29 is 9.84 Å². The average Bonchev–Trinajstić information content (AvgIpc) is 2.39. The lowest BCUT2D eigenvalue weighted by molar-refractivity contribution is 0.281. The Morgan fingerprint density at radius 2 is 1.95 bits per heavy atom. The molecule has 0 bridgehead atoms. The molecule has 0 unspecified atom stereocenters. The fourth-order valence-electron chi connectivity index (χ4n) is 1.61. The van der Waals surface area contributed by atoms with Gasteiger partial charge in [-0.1, -0.05) is 30.7 Å². The molecule has 0 aliphatic rings. The van der Waals surface area contributed by atoms with Gasteiger partial charge in [0.2, 0.25) is 5.88 Å². The molecule has 1 N–H and O–H groups in total. The van der Waals surface area contributed by atoms with Gasteiger partial charge in [-0.15, -0.1) is 0 Å². The molecule has 0 atom stereocenters. The van der Waals surface area contributed by atoms with Crippen molar-refractivity contribution in [2.75, 3.05) is 0 Å². The first-order valence-corrected chi connectivity index (χ1v) is 6.50. The minimum absolute atomic E-state index is 0.0142. The quantitative estimate of drug-likeness (QED) is 0.852. The van der Waals surface area contributed by atoms with Crippen LogP contribution in [0.4, 0.5) is 0 Å². The van der Waals surface area contributed by atoms with E-state index in [1.807, 2.05) is 0 Å². The third-order valence-electron chi connectivity index (χ3n) is 2.52. The lowest BCUT2D eigenvalue weighted by Gasteiger charge is -2.07. The van der Waals surface area contributed by atoms with Gasteiger partial charge in [0.25, 0.3) is 0 Å². The number of aliphatic hydroxyl groups excluding tert-OH is 1. The number of hydrogen-bond donors (Lipinski definition) is 1. The molecular weight excluding hydrogens is 264 g/mol. The number of aryl methyl sites for hydroxylation is 1. The largest absolute Gasteiger partial charge is 0.439 e. The molecule has 0 spiro atoms. The van der Waals surface area contributed by atoms with Gasteiger partial charge in [0.15, 0.2) is 0 Å². The van der Waals surface area contributed by atoms with E-state index in [1.54, 1.807) is 30.3 Å². The fourth-order valence-corrected chi connectivity index (χ4v) is 1.80. The topological polar surface area (TPSA) is 55.2 Å². The lowest BCUT2D eigenvalue weighted by atomic mass is 10.2. The maximum Gasteiger partial charge on any atom is 0.224 e. The number of rotatable bonds is 5. The number of aliphatic hydroxyl groups is 1. The Morgan fingerprint density at radius 3 is 2.58 bits per heavy atom. The van der Waals surface area contributed by atoms with Gasteiger partial charge < -0.3 is 9.84 Å². The number of ether oxygens (including phenoxy) is 1. The predicted molar refractivity (Wildman–Crippen MR) is 73.5 cm³/mol. The van der Waals surface area contributed by atoms with Crippen molar-refractivity contribution in [1.82, 2.24) is 9.97 Å². The van der Waals surface area contributed by atoms with Gasteiger partial charge >= 0.3 is 0 Å². The first kappa shape index (κ1) is 13.8. The molecule has 0 amide bonds. The highest BCUT2D eigenvalue weighted by atomic mass is 35.5. The molecule has 0 aliphatic heterocycles. The molecular formula is C14H15ClN2O2. The number of benzene rings is 1. The van der Waals surface area contributed by atoms with Crippen LogP contribution in [0.15, 0.2) is 30.3 Å². The van der Waals surface area contributed by atoms with Crippen molar-refractivity contribution in [3.8, 4) is 11.6 Å². The Bertz CT molecular complexity index is 544. The predicted octanol–water partition coefficient (Wildman–Crippen LogP) is 3.37. The summed E-state index contributed by atoms with van der Waals surface area (Å²) in [6, 6.07) is 8.74. The molecule has 0 saturated carbocycles. The van der Waals surface area contributed by atoms with E-state index < -0.39 is 0 Å². The lowest BCUT2D eigenvalue weighted by Crippen LogP contribution is -1.97. The fraction of sp³-hybridized carbons (Fsp3) is 0.286. The van der Waals surface area contributed by atoms with E-state index in [4.69, 9.17) is 21.4 Å². The highest BCUT2D eigenvalue weighted by molar-refractivity contribution is 6.29. The molecule has 4 nitrogen and oxygen atoms in total. The number of aromatic nitrogens is 2. The summed E-state index contributed by atoms with van der Waals surface area (Å²) in [4.78, 5) is 8.43. The summed E-state index contributed by atoms with van der Waals surface area (Å²) in [6.45, 7) is 2.07. The maximum atomic E-state index is 8.97. The second-order valence-corrected chi connectivity index (χ2v) is 4.49. The molecule has 0 radical (unpaired) electrons. The number of halogens is 1. The van der Waals surface area contributed by atoms with Crippen LogP contribution in [0.3, 0.4) is 0 Å². The van der Waals surface area contributed by atoms with Crippen molar-refractivity contribution >= 4 is 11.6 Å². The second kappa shape index (κ2) is 6.50. The SMILES string of the molecule is CCCc1nc(Cl)cc(Oc2ccc(CO)cc2)n1. The molecule has 19 heavy (non-hydrogen) atoms. The second-order valence-electron chi connectivity index (χ2n) is 4.10. The monoisotopic (exact) mass is 278 g/mol. The molecule has 1 heterocycles. The first-order chi connectivity index (χ1) is 9.21. The third-order valence-corrected chi connectivity index (χ3v) is 2.71. The Balaban J connectivity index is 2.17. The van der Waals surface area contributed by atoms with Crippen LogP contribution in [0.2, 0.25) is 5.15 Å². The zero-order valence-corrected chi connectivity index (χ0v) is 11.4. The Kier molecular flexibility index (Phi) is 4.71. The van der Waals surface area contributed by atoms with Crippen LogP contribution in [0, 0.1) is 0 Å². The number of hydrogen-bond acceptors (Lipinski definition) is 4. The summed E-state index contributed by atoms with van der Waals surface area (Å²) < 4.78 is 5.63. The molecule has 1 aromatic heterocycles. The van der Waals surface area contributed by atoms with E-state index >= 15 is 0 Å². The Morgan fingerprint density at radius 1 is 1.21 bits per heavy atom. The summed E-state index contributed by atoms with van der Waals surface area (Å²) in [5, 5.41) is 9.35. The Labute approximate surface area is 117 Å². The van der Waals surface area contributed by atoms with Crippen molar-refractivity contribution in [3.05, 3.63) is 46.9 Å². The number of nitrogens with zero attached hydrogens (tertiary/aromatic N) is 2. The molecule has 2 rings (SSSR count).